The first-order valence-corrected chi connectivity index (χ1v) is 6.83. The molecule has 1 saturated carbocycles. The fourth-order valence-corrected chi connectivity index (χ4v) is 3.01. The fourth-order valence-electron chi connectivity index (χ4n) is 3.01. The Balaban J connectivity index is 1.96. The van der Waals surface area contributed by atoms with Gasteiger partial charge in [-0.15, -0.1) is 0 Å². The van der Waals surface area contributed by atoms with Gasteiger partial charge in [0.05, 0.1) is 0 Å². The Labute approximate surface area is 107 Å². The van der Waals surface area contributed by atoms with Crippen LogP contribution in [0.15, 0.2) is 24.3 Å². The van der Waals surface area contributed by atoms with E-state index >= 15 is 0 Å². The van der Waals surface area contributed by atoms with Crippen molar-refractivity contribution in [2.45, 2.75) is 37.6 Å². The maximum Gasteiger partial charge on any atom is 0.325 e. The van der Waals surface area contributed by atoms with Gasteiger partial charge in [-0.3, -0.25) is 9.69 Å². The molecular formula is C15H19NO2. The quantitative estimate of drug-likeness (QED) is 0.886. The van der Waals surface area contributed by atoms with E-state index in [0.29, 0.717) is 5.92 Å². The summed E-state index contributed by atoms with van der Waals surface area (Å²) in [4.78, 5) is 13.8. The lowest BCUT2D eigenvalue weighted by atomic mass is 9.96. The molecule has 0 spiro atoms. The summed E-state index contributed by atoms with van der Waals surface area (Å²) in [5.41, 5.74) is 2.28. The van der Waals surface area contributed by atoms with Crippen LogP contribution in [-0.4, -0.2) is 29.1 Å². The zero-order chi connectivity index (χ0) is 12.5. The molecular weight excluding hydrogens is 226 g/mol. The van der Waals surface area contributed by atoms with Gasteiger partial charge >= 0.3 is 5.97 Å². The van der Waals surface area contributed by atoms with E-state index in [1.807, 2.05) is 18.2 Å². The second kappa shape index (κ2) is 4.73. The zero-order valence-corrected chi connectivity index (χ0v) is 10.5. The van der Waals surface area contributed by atoms with E-state index in [-0.39, 0.29) is 0 Å². The number of hydrogen-bond donors (Lipinski definition) is 1. The fraction of sp³-hybridized carbons (Fsp3) is 0.533. The second-order valence-corrected chi connectivity index (χ2v) is 5.39. The van der Waals surface area contributed by atoms with E-state index in [1.54, 1.807) is 0 Å². The predicted molar refractivity (Wildman–Crippen MR) is 69.6 cm³/mol. The number of likely N-dealkylation sites (tertiary alicyclic amines) is 1. The summed E-state index contributed by atoms with van der Waals surface area (Å²) in [6.07, 6.45) is 4.66. The Bertz CT molecular complexity index is 448. The normalized spacial score (nSPS) is 22.0. The molecule has 3 heteroatoms. The van der Waals surface area contributed by atoms with Crippen LogP contribution < -0.4 is 0 Å². The first-order chi connectivity index (χ1) is 8.77. The van der Waals surface area contributed by atoms with Crippen molar-refractivity contribution in [1.29, 1.82) is 0 Å². The van der Waals surface area contributed by atoms with E-state index in [1.165, 1.54) is 18.4 Å². The highest BCUT2D eigenvalue weighted by molar-refractivity contribution is 5.76. The Morgan fingerprint density at radius 1 is 1.22 bits per heavy atom. The lowest BCUT2D eigenvalue weighted by Gasteiger charge is -2.26. The van der Waals surface area contributed by atoms with Gasteiger partial charge in [-0.1, -0.05) is 24.3 Å². The summed E-state index contributed by atoms with van der Waals surface area (Å²) in [7, 11) is 0. The highest BCUT2D eigenvalue weighted by Gasteiger charge is 2.34. The van der Waals surface area contributed by atoms with Crippen molar-refractivity contribution in [3.8, 4) is 0 Å². The summed E-state index contributed by atoms with van der Waals surface area (Å²) < 4.78 is 0. The SMILES string of the molecule is O=C(O)C(c1ccccc1C1CC1)N1CCCC1. The monoisotopic (exact) mass is 245 g/mol. The van der Waals surface area contributed by atoms with Crippen LogP contribution in [-0.2, 0) is 4.79 Å². The van der Waals surface area contributed by atoms with E-state index in [4.69, 9.17) is 0 Å². The van der Waals surface area contributed by atoms with Crippen LogP contribution in [0.1, 0.15) is 48.8 Å². The largest absolute Gasteiger partial charge is 0.480 e. The van der Waals surface area contributed by atoms with Crippen LogP contribution in [0, 0.1) is 0 Å². The smallest absolute Gasteiger partial charge is 0.325 e. The molecule has 3 nitrogen and oxygen atoms in total. The van der Waals surface area contributed by atoms with Gasteiger partial charge in [0.2, 0.25) is 0 Å². The van der Waals surface area contributed by atoms with Crippen molar-refractivity contribution in [2.75, 3.05) is 13.1 Å². The molecule has 1 aliphatic carbocycles. The number of hydrogen-bond acceptors (Lipinski definition) is 2. The van der Waals surface area contributed by atoms with Crippen molar-refractivity contribution in [3.63, 3.8) is 0 Å². The van der Waals surface area contributed by atoms with Crippen LogP contribution in [0.5, 0.6) is 0 Å². The summed E-state index contributed by atoms with van der Waals surface area (Å²) in [5.74, 6) is -0.101. The number of nitrogens with zero attached hydrogens (tertiary/aromatic N) is 1. The van der Waals surface area contributed by atoms with Crippen LogP contribution in [0.4, 0.5) is 0 Å². The van der Waals surface area contributed by atoms with E-state index in [2.05, 4.69) is 11.0 Å². The lowest BCUT2D eigenvalue weighted by Crippen LogP contribution is -2.32. The molecule has 1 unspecified atom stereocenters. The molecule has 1 atom stereocenters. The summed E-state index contributed by atoms with van der Waals surface area (Å²) in [6, 6.07) is 7.67. The average molecular weight is 245 g/mol. The van der Waals surface area contributed by atoms with Gasteiger partial charge in [-0.05, 0) is 55.8 Å². The van der Waals surface area contributed by atoms with Gasteiger partial charge in [0.25, 0.3) is 0 Å². The minimum atomic E-state index is -0.704. The topological polar surface area (TPSA) is 40.5 Å². The molecule has 1 aromatic rings. The number of rotatable bonds is 4. The maximum absolute atomic E-state index is 11.6. The number of carboxylic acid groups (broad SMARTS) is 1. The molecule has 18 heavy (non-hydrogen) atoms. The molecule has 3 rings (SSSR count). The van der Waals surface area contributed by atoms with Crippen molar-refractivity contribution in [2.24, 2.45) is 0 Å². The van der Waals surface area contributed by atoms with Crippen molar-refractivity contribution in [3.05, 3.63) is 35.4 Å². The minimum absolute atomic E-state index is 0.440. The lowest BCUT2D eigenvalue weighted by molar-refractivity contribution is -0.143. The number of aliphatic carboxylic acids is 1. The van der Waals surface area contributed by atoms with Crippen LogP contribution in [0.2, 0.25) is 0 Å². The zero-order valence-electron chi connectivity index (χ0n) is 10.5. The van der Waals surface area contributed by atoms with Gasteiger partial charge in [0.1, 0.15) is 6.04 Å². The number of benzene rings is 1. The van der Waals surface area contributed by atoms with E-state index < -0.39 is 12.0 Å². The molecule has 2 aliphatic rings. The third kappa shape index (κ3) is 2.15. The van der Waals surface area contributed by atoms with Crippen LogP contribution in [0.3, 0.4) is 0 Å². The first kappa shape index (κ1) is 11.7. The van der Waals surface area contributed by atoms with Crippen molar-refractivity contribution < 1.29 is 9.90 Å². The predicted octanol–water partition coefficient (Wildman–Crippen LogP) is 2.79. The third-order valence-electron chi connectivity index (χ3n) is 4.05. The number of carbonyl (C=O) groups is 1. The summed E-state index contributed by atoms with van der Waals surface area (Å²) in [6.45, 7) is 1.83. The van der Waals surface area contributed by atoms with E-state index in [0.717, 1.165) is 31.5 Å². The maximum atomic E-state index is 11.6. The molecule has 1 aromatic carbocycles. The van der Waals surface area contributed by atoms with Gasteiger partial charge in [-0.25, -0.2) is 0 Å². The van der Waals surface area contributed by atoms with E-state index in [9.17, 15) is 9.90 Å². The molecule has 1 saturated heterocycles. The molecule has 96 valence electrons. The first-order valence-electron chi connectivity index (χ1n) is 6.83. The molecule has 0 amide bonds. The van der Waals surface area contributed by atoms with Gasteiger partial charge in [-0.2, -0.15) is 0 Å². The van der Waals surface area contributed by atoms with Gasteiger partial charge in [0, 0.05) is 0 Å². The molecule has 0 aromatic heterocycles. The second-order valence-electron chi connectivity index (χ2n) is 5.39. The Morgan fingerprint density at radius 2 is 1.89 bits per heavy atom. The number of carboxylic acids is 1. The Kier molecular flexibility index (Phi) is 3.08. The van der Waals surface area contributed by atoms with Crippen molar-refractivity contribution >= 4 is 5.97 Å². The highest BCUT2D eigenvalue weighted by Crippen LogP contribution is 2.44. The van der Waals surface area contributed by atoms with Gasteiger partial charge < -0.3 is 5.11 Å². The molecule has 1 heterocycles. The molecule has 0 bridgehead atoms. The standard InChI is InChI=1S/C15H19NO2/c17-15(18)14(16-9-3-4-10-16)13-6-2-1-5-12(13)11-7-8-11/h1-2,5-6,11,14H,3-4,7-10H2,(H,17,18). The molecule has 2 fully saturated rings. The molecule has 1 aliphatic heterocycles. The summed E-state index contributed by atoms with van der Waals surface area (Å²) >= 11 is 0. The van der Waals surface area contributed by atoms with Crippen molar-refractivity contribution in [1.82, 2.24) is 4.90 Å². The highest BCUT2D eigenvalue weighted by atomic mass is 16.4. The average Bonchev–Trinajstić information content (AvgIpc) is 3.07. The Hall–Kier alpha value is -1.35. The van der Waals surface area contributed by atoms with Crippen LogP contribution >= 0.6 is 0 Å². The summed E-state index contributed by atoms with van der Waals surface area (Å²) in [5, 5.41) is 9.57. The third-order valence-corrected chi connectivity index (χ3v) is 4.05. The molecule has 1 N–H and O–H groups in total. The molecule has 0 radical (unpaired) electrons. The van der Waals surface area contributed by atoms with Crippen LogP contribution in [0.25, 0.3) is 0 Å². The Morgan fingerprint density at radius 3 is 2.50 bits per heavy atom. The van der Waals surface area contributed by atoms with Gasteiger partial charge in [0.15, 0.2) is 0 Å². The minimum Gasteiger partial charge on any atom is -0.480 e.